The standard InChI is InChI=1S/C10H19NO2/c1-6-7-8(2)11-9(12)13-10(3,4)5/h7H,6H2,1-5H3,(H,11,12)/b8-7+. The molecular formula is C10H19NO2. The first-order valence-corrected chi connectivity index (χ1v) is 4.52. The highest BCUT2D eigenvalue weighted by Crippen LogP contribution is 2.07. The van der Waals surface area contributed by atoms with E-state index in [9.17, 15) is 4.79 Å². The number of amides is 1. The predicted octanol–water partition coefficient (Wildman–Crippen LogP) is 2.82. The summed E-state index contributed by atoms with van der Waals surface area (Å²) >= 11 is 0. The number of ether oxygens (including phenoxy) is 1. The van der Waals surface area contributed by atoms with E-state index in [2.05, 4.69) is 5.32 Å². The van der Waals surface area contributed by atoms with Gasteiger partial charge in [-0.1, -0.05) is 13.0 Å². The first-order chi connectivity index (χ1) is 5.85. The number of alkyl carbamates (subject to hydrolysis) is 1. The second kappa shape index (κ2) is 4.90. The minimum absolute atomic E-state index is 0.394. The highest BCUT2D eigenvalue weighted by atomic mass is 16.6. The SMILES string of the molecule is CC/C=C(\C)NC(=O)OC(C)(C)C. The lowest BCUT2D eigenvalue weighted by Gasteiger charge is -2.19. The van der Waals surface area contributed by atoms with E-state index in [1.807, 2.05) is 40.7 Å². The van der Waals surface area contributed by atoms with Crippen molar-refractivity contribution in [2.45, 2.75) is 46.6 Å². The predicted molar refractivity (Wildman–Crippen MR) is 53.4 cm³/mol. The highest BCUT2D eigenvalue weighted by molar-refractivity contribution is 5.69. The molecule has 3 heteroatoms. The maximum Gasteiger partial charge on any atom is 0.411 e. The molecule has 1 N–H and O–H groups in total. The topological polar surface area (TPSA) is 38.3 Å². The van der Waals surface area contributed by atoms with Crippen molar-refractivity contribution in [1.29, 1.82) is 0 Å². The van der Waals surface area contributed by atoms with Gasteiger partial charge in [-0.05, 0) is 34.1 Å². The zero-order valence-corrected chi connectivity index (χ0v) is 9.10. The molecule has 0 unspecified atom stereocenters. The van der Waals surface area contributed by atoms with Gasteiger partial charge in [-0.15, -0.1) is 0 Å². The van der Waals surface area contributed by atoms with Crippen molar-refractivity contribution >= 4 is 6.09 Å². The summed E-state index contributed by atoms with van der Waals surface area (Å²) in [7, 11) is 0. The Morgan fingerprint density at radius 1 is 1.46 bits per heavy atom. The van der Waals surface area contributed by atoms with Gasteiger partial charge in [0.15, 0.2) is 0 Å². The Morgan fingerprint density at radius 2 is 2.00 bits per heavy atom. The van der Waals surface area contributed by atoms with Crippen LogP contribution < -0.4 is 5.32 Å². The van der Waals surface area contributed by atoms with Gasteiger partial charge in [0.05, 0.1) is 0 Å². The maximum absolute atomic E-state index is 11.2. The van der Waals surface area contributed by atoms with E-state index in [4.69, 9.17) is 4.74 Å². The summed E-state index contributed by atoms with van der Waals surface area (Å²) in [6.07, 6.45) is 2.45. The van der Waals surface area contributed by atoms with Crippen LogP contribution in [0.25, 0.3) is 0 Å². The fourth-order valence-electron chi connectivity index (χ4n) is 0.822. The fourth-order valence-corrected chi connectivity index (χ4v) is 0.822. The maximum atomic E-state index is 11.2. The van der Waals surface area contributed by atoms with Crippen molar-refractivity contribution in [3.05, 3.63) is 11.8 Å². The van der Waals surface area contributed by atoms with Gasteiger partial charge in [0.2, 0.25) is 0 Å². The van der Waals surface area contributed by atoms with Crippen molar-refractivity contribution in [2.75, 3.05) is 0 Å². The third-order valence-electron chi connectivity index (χ3n) is 1.21. The average Bonchev–Trinajstić information content (AvgIpc) is 1.81. The second-order valence-corrected chi connectivity index (χ2v) is 3.92. The second-order valence-electron chi connectivity index (χ2n) is 3.92. The molecular weight excluding hydrogens is 166 g/mol. The third kappa shape index (κ3) is 7.37. The molecule has 0 aromatic carbocycles. The Kier molecular flexibility index (Phi) is 4.52. The normalized spacial score (nSPS) is 12.5. The Hall–Kier alpha value is -0.990. The third-order valence-corrected chi connectivity index (χ3v) is 1.21. The Bertz CT molecular complexity index is 201. The minimum Gasteiger partial charge on any atom is -0.444 e. The van der Waals surface area contributed by atoms with Crippen LogP contribution >= 0.6 is 0 Å². The van der Waals surface area contributed by atoms with Crippen molar-refractivity contribution in [3.63, 3.8) is 0 Å². The summed E-state index contributed by atoms with van der Waals surface area (Å²) in [6, 6.07) is 0. The minimum atomic E-state index is -0.434. The van der Waals surface area contributed by atoms with Crippen LogP contribution in [0.15, 0.2) is 11.8 Å². The van der Waals surface area contributed by atoms with Gasteiger partial charge in [-0.25, -0.2) is 4.79 Å². The van der Waals surface area contributed by atoms with Crippen LogP contribution in [-0.4, -0.2) is 11.7 Å². The fraction of sp³-hybridized carbons (Fsp3) is 0.700. The lowest BCUT2D eigenvalue weighted by molar-refractivity contribution is 0.0546. The van der Waals surface area contributed by atoms with Gasteiger partial charge in [-0.2, -0.15) is 0 Å². The van der Waals surface area contributed by atoms with E-state index in [1.165, 1.54) is 0 Å². The molecule has 76 valence electrons. The molecule has 0 aromatic rings. The zero-order chi connectivity index (χ0) is 10.5. The number of hydrogen-bond acceptors (Lipinski definition) is 2. The summed E-state index contributed by atoms with van der Waals surface area (Å²) < 4.78 is 5.06. The molecule has 0 radical (unpaired) electrons. The van der Waals surface area contributed by atoms with Crippen molar-refractivity contribution in [3.8, 4) is 0 Å². The van der Waals surface area contributed by atoms with Gasteiger partial charge in [0, 0.05) is 5.70 Å². The van der Waals surface area contributed by atoms with Crippen molar-refractivity contribution in [2.24, 2.45) is 0 Å². The molecule has 0 aliphatic carbocycles. The van der Waals surface area contributed by atoms with Crippen LogP contribution in [0, 0.1) is 0 Å². The van der Waals surface area contributed by atoms with E-state index in [1.54, 1.807) is 0 Å². The summed E-state index contributed by atoms with van der Waals surface area (Å²) in [4.78, 5) is 11.2. The molecule has 0 saturated carbocycles. The number of nitrogens with one attached hydrogen (secondary N) is 1. The lowest BCUT2D eigenvalue weighted by atomic mass is 10.2. The average molecular weight is 185 g/mol. The quantitative estimate of drug-likeness (QED) is 0.718. The summed E-state index contributed by atoms with van der Waals surface area (Å²) in [5.74, 6) is 0. The van der Waals surface area contributed by atoms with Crippen molar-refractivity contribution in [1.82, 2.24) is 5.32 Å². The summed E-state index contributed by atoms with van der Waals surface area (Å²) in [5.41, 5.74) is 0.396. The number of allylic oxidation sites excluding steroid dienone is 2. The molecule has 0 aliphatic rings. The van der Waals surface area contributed by atoms with Crippen molar-refractivity contribution < 1.29 is 9.53 Å². The molecule has 3 nitrogen and oxygen atoms in total. The molecule has 0 heterocycles. The molecule has 0 aromatic heterocycles. The first-order valence-electron chi connectivity index (χ1n) is 4.52. The van der Waals surface area contributed by atoms with Crippen LogP contribution in [-0.2, 0) is 4.74 Å². The van der Waals surface area contributed by atoms with E-state index >= 15 is 0 Å². The van der Waals surface area contributed by atoms with Gasteiger partial charge >= 0.3 is 6.09 Å². The monoisotopic (exact) mass is 185 g/mol. The molecule has 0 fully saturated rings. The Morgan fingerprint density at radius 3 is 2.38 bits per heavy atom. The number of rotatable bonds is 2. The Balaban J connectivity index is 3.96. The summed E-state index contributed by atoms with van der Waals surface area (Å²) in [5, 5.41) is 2.64. The van der Waals surface area contributed by atoms with Gasteiger partial charge in [-0.3, -0.25) is 5.32 Å². The van der Waals surface area contributed by atoms with Crippen LogP contribution in [0.3, 0.4) is 0 Å². The van der Waals surface area contributed by atoms with Gasteiger partial charge in [0.1, 0.15) is 5.60 Å². The molecule has 0 rings (SSSR count). The van der Waals surface area contributed by atoms with Crippen LogP contribution in [0.2, 0.25) is 0 Å². The molecule has 1 amide bonds. The molecule has 13 heavy (non-hydrogen) atoms. The highest BCUT2D eigenvalue weighted by Gasteiger charge is 2.15. The largest absolute Gasteiger partial charge is 0.444 e. The molecule has 0 saturated heterocycles. The summed E-state index contributed by atoms with van der Waals surface area (Å²) in [6.45, 7) is 9.37. The van der Waals surface area contributed by atoms with Crippen LogP contribution in [0.1, 0.15) is 41.0 Å². The smallest absolute Gasteiger partial charge is 0.411 e. The van der Waals surface area contributed by atoms with E-state index in [0.717, 1.165) is 12.1 Å². The molecule has 0 bridgehead atoms. The van der Waals surface area contributed by atoms with Crippen LogP contribution in [0.4, 0.5) is 4.79 Å². The molecule has 0 aliphatic heterocycles. The van der Waals surface area contributed by atoms with Crippen LogP contribution in [0.5, 0.6) is 0 Å². The number of hydrogen-bond donors (Lipinski definition) is 1. The molecule has 0 spiro atoms. The first kappa shape index (κ1) is 12.0. The Labute approximate surface area is 80.2 Å². The van der Waals surface area contributed by atoms with Gasteiger partial charge < -0.3 is 4.74 Å². The van der Waals surface area contributed by atoms with E-state index in [-0.39, 0.29) is 0 Å². The number of carbonyl (C=O) groups is 1. The van der Waals surface area contributed by atoms with Gasteiger partial charge in [0.25, 0.3) is 0 Å². The number of carbonyl (C=O) groups excluding carboxylic acids is 1. The lowest BCUT2D eigenvalue weighted by Crippen LogP contribution is -2.31. The molecule has 0 atom stereocenters. The van der Waals surface area contributed by atoms with E-state index < -0.39 is 11.7 Å². The van der Waals surface area contributed by atoms with E-state index in [0.29, 0.717) is 0 Å². The zero-order valence-electron chi connectivity index (χ0n) is 9.10.